The summed E-state index contributed by atoms with van der Waals surface area (Å²) in [4.78, 5) is 21.5. The third-order valence-corrected chi connectivity index (χ3v) is 9.83. The molecule has 5 aliphatic rings. The predicted octanol–water partition coefficient (Wildman–Crippen LogP) is 3.39. The lowest BCUT2D eigenvalue weighted by Gasteiger charge is -2.56. The van der Waals surface area contributed by atoms with Crippen molar-refractivity contribution in [2.24, 2.45) is 5.92 Å². The number of anilines is 1. The first-order valence-electron chi connectivity index (χ1n) is 15.3. The van der Waals surface area contributed by atoms with Crippen LogP contribution in [0, 0.1) is 17.2 Å². The van der Waals surface area contributed by atoms with Gasteiger partial charge in [-0.05, 0) is 43.2 Å². The maximum atomic E-state index is 9.77. The van der Waals surface area contributed by atoms with Crippen LogP contribution in [-0.4, -0.2) is 92.4 Å². The van der Waals surface area contributed by atoms with Crippen molar-refractivity contribution in [3.8, 4) is 29.0 Å². The van der Waals surface area contributed by atoms with Crippen molar-refractivity contribution >= 4 is 11.3 Å². The monoisotopic (exact) mass is 577 g/mol. The Hall–Kier alpha value is -4.27. The van der Waals surface area contributed by atoms with Gasteiger partial charge in [0.15, 0.2) is 0 Å². The molecular weight excluding hydrogens is 542 g/mol. The molecule has 4 saturated heterocycles. The molecule has 0 amide bonds. The lowest BCUT2D eigenvalue weighted by atomic mass is 9.87. The zero-order chi connectivity index (χ0) is 28.9. The van der Waals surface area contributed by atoms with E-state index >= 15 is 0 Å². The summed E-state index contributed by atoms with van der Waals surface area (Å²) in [6.07, 6.45) is 14.3. The minimum Gasteiger partial charge on any atom is -0.491 e. The van der Waals surface area contributed by atoms with E-state index in [0.29, 0.717) is 41.6 Å². The maximum Gasteiger partial charge on any atom is 0.212 e. The van der Waals surface area contributed by atoms with Crippen LogP contribution in [0.1, 0.15) is 36.8 Å². The van der Waals surface area contributed by atoms with Gasteiger partial charge < -0.3 is 14.4 Å². The Morgan fingerprint density at radius 2 is 1.88 bits per heavy atom. The zero-order valence-corrected chi connectivity index (χ0v) is 24.3. The number of nitrogens with zero attached hydrogens (tertiary/aromatic N) is 9. The highest BCUT2D eigenvalue weighted by Crippen LogP contribution is 2.38. The normalized spacial score (nSPS) is 24.7. The summed E-state index contributed by atoms with van der Waals surface area (Å²) in [5, 5.41) is 14.2. The Labute approximate surface area is 250 Å². The first-order valence-corrected chi connectivity index (χ1v) is 15.3. The van der Waals surface area contributed by atoms with Crippen molar-refractivity contribution in [3.05, 3.63) is 60.3 Å². The van der Waals surface area contributed by atoms with Gasteiger partial charge in [0.1, 0.15) is 24.2 Å². The van der Waals surface area contributed by atoms with Crippen LogP contribution in [0.5, 0.6) is 11.6 Å². The van der Waals surface area contributed by atoms with Crippen LogP contribution in [0.25, 0.3) is 16.8 Å². The third-order valence-electron chi connectivity index (χ3n) is 9.83. The quantitative estimate of drug-likeness (QED) is 0.294. The summed E-state index contributed by atoms with van der Waals surface area (Å²) in [6, 6.07) is 9.95. The van der Waals surface area contributed by atoms with Crippen LogP contribution in [0.3, 0.4) is 0 Å². The number of methoxy groups -OCH3 is 1. The average molecular weight is 578 g/mol. The zero-order valence-electron chi connectivity index (χ0n) is 24.3. The third kappa shape index (κ3) is 4.84. The van der Waals surface area contributed by atoms with E-state index in [0.717, 1.165) is 55.0 Å². The highest BCUT2D eigenvalue weighted by atomic mass is 16.5. The predicted molar refractivity (Wildman–Crippen MR) is 160 cm³/mol. The SMILES string of the molecule is COc1ccc(CN2C3CC2CN(c2cnc(-c4cc(OCCN5CC6CCC5C6)cn5ncc(C#N)c45)cn2)C3)cn1. The van der Waals surface area contributed by atoms with Gasteiger partial charge in [-0.1, -0.05) is 6.07 Å². The minimum atomic E-state index is 0.483. The Bertz CT molecular complexity index is 1650. The number of nitriles is 1. The van der Waals surface area contributed by atoms with E-state index in [9.17, 15) is 5.26 Å². The van der Waals surface area contributed by atoms with Gasteiger partial charge in [-0.3, -0.25) is 14.8 Å². The van der Waals surface area contributed by atoms with E-state index in [-0.39, 0.29) is 0 Å². The van der Waals surface area contributed by atoms with Gasteiger partial charge in [0.05, 0.1) is 48.7 Å². The summed E-state index contributed by atoms with van der Waals surface area (Å²) < 4.78 is 13.1. The summed E-state index contributed by atoms with van der Waals surface area (Å²) in [5.41, 5.74) is 3.92. The van der Waals surface area contributed by atoms with Crippen LogP contribution in [-0.2, 0) is 6.54 Å². The van der Waals surface area contributed by atoms with E-state index in [4.69, 9.17) is 19.4 Å². The van der Waals surface area contributed by atoms with Crippen LogP contribution < -0.4 is 14.4 Å². The Balaban J connectivity index is 0.962. The standard InChI is InChI=1S/C32H35N9O2/c1-42-31-5-3-22(12-36-31)17-40-25-9-26(40)19-39(18-25)30-15-34-29(14-35-30)28-10-27(20-41-32(28)23(11-33)13-37-41)43-7-6-38-16-21-2-4-24(38)8-21/h3,5,10,12-15,20-21,24-26H,2,4,6-9,16-19H2,1H3. The first kappa shape index (κ1) is 26.4. The van der Waals surface area contributed by atoms with Gasteiger partial charge in [-0.15, -0.1) is 0 Å². The number of hydrogen-bond acceptors (Lipinski definition) is 10. The molecular formula is C32H35N9O2. The summed E-state index contributed by atoms with van der Waals surface area (Å²) in [7, 11) is 1.64. The van der Waals surface area contributed by atoms with Crippen LogP contribution in [0.15, 0.2) is 49.2 Å². The smallest absolute Gasteiger partial charge is 0.212 e. The average Bonchev–Trinajstić information content (AvgIpc) is 3.80. The fourth-order valence-corrected chi connectivity index (χ4v) is 7.63. The molecule has 0 radical (unpaired) electrons. The van der Waals surface area contributed by atoms with E-state index in [2.05, 4.69) is 36.9 Å². The molecule has 4 unspecified atom stereocenters. The molecule has 220 valence electrons. The molecule has 4 aliphatic heterocycles. The number of fused-ring (bicyclic) bond motifs is 5. The second-order valence-corrected chi connectivity index (χ2v) is 12.3. The lowest BCUT2D eigenvalue weighted by molar-refractivity contribution is -0.00879. The summed E-state index contributed by atoms with van der Waals surface area (Å²) >= 11 is 0. The highest BCUT2D eigenvalue weighted by Gasteiger charge is 2.44. The number of piperidine rings is 2. The molecule has 4 bridgehead atoms. The first-order chi connectivity index (χ1) is 21.1. The van der Waals surface area contributed by atoms with Gasteiger partial charge in [0.25, 0.3) is 0 Å². The molecule has 11 heteroatoms. The number of aromatic nitrogens is 5. The Morgan fingerprint density at radius 1 is 0.977 bits per heavy atom. The molecule has 11 nitrogen and oxygen atoms in total. The number of hydrogen-bond donors (Lipinski definition) is 0. The fraction of sp³-hybridized carbons (Fsp3) is 0.469. The second kappa shape index (κ2) is 10.8. The van der Waals surface area contributed by atoms with Crippen LogP contribution in [0.4, 0.5) is 5.82 Å². The van der Waals surface area contributed by atoms with E-state index in [1.54, 1.807) is 17.8 Å². The van der Waals surface area contributed by atoms with Gasteiger partial charge >= 0.3 is 0 Å². The number of rotatable bonds is 9. The summed E-state index contributed by atoms with van der Waals surface area (Å²) in [6.45, 7) is 5.47. The van der Waals surface area contributed by atoms with E-state index < -0.39 is 0 Å². The molecule has 1 aliphatic carbocycles. The molecule has 4 atom stereocenters. The largest absolute Gasteiger partial charge is 0.491 e. The molecule has 0 N–H and O–H groups in total. The molecule has 1 saturated carbocycles. The number of pyridine rings is 2. The van der Waals surface area contributed by atoms with Crippen LogP contribution >= 0.6 is 0 Å². The van der Waals surface area contributed by atoms with Crippen molar-refractivity contribution in [1.82, 2.24) is 34.4 Å². The van der Waals surface area contributed by atoms with Gasteiger partial charge in [0.2, 0.25) is 5.88 Å². The highest BCUT2D eigenvalue weighted by molar-refractivity contribution is 5.83. The molecule has 43 heavy (non-hydrogen) atoms. The van der Waals surface area contributed by atoms with Crippen molar-refractivity contribution in [1.29, 1.82) is 5.26 Å². The Morgan fingerprint density at radius 3 is 2.58 bits per heavy atom. The molecule has 0 aromatic carbocycles. The number of likely N-dealkylation sites (tertiary alicyclic amines) is 1. The summed E-state index contributed by atoms with van der Waals surface area (Å²) in [5.74, 6) is 3.10. The second-order valence-electron chi connectivity index (χ2n) is 12.3. The van der Waals surface area contributed by atoms with Crippen molar-refractivity contribution < 1.29 is 9.47 Å². The van der Waals surface area contributed by atoms with Crippen molar-refractivity contribution in [2.45, 2.75) is 50.4 Å². The van der Waals surface area contributed by atoms with Gasteiger partial charge in [0, 0.05) is 68.7 Å². The molecule has 8 heterocycles. The molecule has 4 aromatic heterocycles. The van der Waals surface area contributed by atoms with Crippen molar-refractivity contribution in [3.63, 3.8) is 0 Å². The number of ether oxygens (including phenoxy) is 2. The molecule has 4 aromatic rings. The van der Waals surface area contributed by atoms with Crippen molar-refractivity contribution in [2.75, 3.05) is 44.8 Å². The maximum absolute atomic E-state index is 9.77. The van der Waals surface area contributed by atoms with E-state index in [1.807, 2.05) is 36.9 Å². The van der Waals surface area contributed by atoms with Gasteiger partial charge in [-0.2, -0.15) is 10.4 Å². The molecule has 0 spiro atoms. The van der Waals surface area contributed by atoms with Crippen LogP contribution in [0.2, 0.25) is 0 Å². The molecule has 5 fully saturated rings. The minimum absolute atomic E-state index is 0.483. The fourth-order valence-electron chi connectivity index (χ4n) is 7.63. The van der Waals surface area contributed by atoms with E-state index in [1.165, 1.54) is 37.8 Å². The van der Waals surface area contributed by atoms with Gasteiger partial charge in [-0.25, -0.2) is 14.5 Å². The molecule has 9 rings (SSSR count). The number of piperazine rings is 1. The lowest BCUT2D eigenvalue weighted by Crippen LogP contribution is -2.68. The topological polar surface area (TPSA) is 108 Å². The Kier molecular flexibility index (Phi) is 6.61.